The van der Waals surface area contributed by atoms with Gasteiger partial charge >= 0.3 is 0 Å². The summed E-state index contributed by atoms with van der Waals surface area (Å²) in [4.78, 5) is 3.15. The zero-order valence-corrected chi connectivity index (χ0v) is 13.5. The van der Waals surface area contributed by atoms with Crippen LogP contribution < -0.4 is 5.32 Å². The third-order valence-corrected chi connectivity index (χ3v) is 4.31. The van der Waals surface area contributed by atoms with Crippen LogP contribution in [0.4, 0.5) is 0 Å². The molecule has 0 radical (unpaired) electrons. The summed E-state index contributed by atoms with van der Waals surface area (Å²) in [6, 6.07) is 8.52. The predicted octanol–water partition coefficient (Wildman–Crippen LogP) is 2.10. The fourth-order valence-electron chi connectivity index (χ4n) is 2.18. The Labute approximate surface area is 119 Å². The zero-order valence-electron chi connectivity index (χ0n) is 12.6. The van der Waals surface area contributed by atoms with Crippen molar-refractivity contribution in [3.05, 3.63) is 29.8 Å². The lowest BCUT2D eigenvalue weighted by atomic mass is 10.0. The highest BCUT2D eigenvalue weighted by atomic mass is 32.2. The largest absolute Gasteiger partial charge is 0.311 e. The molecule has 0 saturated heterocycles. The second-order valence-electron chi connectivity index (χ2n) is 5.50. The Bertz CT molecular complexity index is 393. The molecule has 1 N–H and O–H groups in total. The smallest absolute Gasteiger partial charge is 0.0498 e. The van der Waals surface area contributed by atoms with Crippen LogP contribution in [-0.4, -0.2) is 42.0 Å². The van der Waals surface area contributed by atoms with Crippen LogP contribution in [0.3, 0.4) is 0 Å². The standard InChI is InChI=1S/C15H26N2OS/c1-12(2)15(17(3)4)11-16-10-13-6-8-14(9-7-13)19(5)18/h6-9,12,15-16H,10-11H2,1-5H3. The Kier molecular flexibility index (Phi) is 6.69. The van der Waals surface area contributed by atoms with Crippen LogP contribution in [0.25, 0.3) is 0 Å². The van der Waals surface area contributed by atoms with Crippen molar-refractivity contribution in [1.82, 2.24) is 10.2 Å². The molecule has 0 aliphatic rings. The van der Waals surface area contributed by atoms with Gasteiger partial charge in [0.05, 0.1) is 0 Å². The summed E-state index contributed by atoms with van der Waals surface area (Å²) in [6.45, 7) is 6.33. The van der Waals surface area contributed by atoms with Crippen LogP contribution in [-0.2, 0) is 17.3 Å². The van der Waals surface area contributed by atoms with Crippen LogP contribution in [0, 0.1) is 5.92 Å². The summed E-state index contributed by atoms with van der Waals surface area (Å²) in [5, 5.41) is 3.50. The van der Waals surface area contributed by atoms with Gasteiger partial charge in [0.25, 0.3) is 0 Å². The highest BCUT2D eigenvalue weighted by Gasteiger charge is 2.14. The van der Waals surface area contributed by atoms with Gasteiger partial charge in [-0.3, -0.25) is 4.21 Å². The van der Waals surface area contributed by atoms with E-state index in [-0.39, 0.29) is 0 Å². The molecule has 1 aromatic rings. The second-order valence-corrected chi connectivity index (χ2v) is 6.88. The van der Waals surface area contributed by atoms with Crippen LogP contribution in [0.2, 0.25) is 0 Å². The number of benzene rings is 1. The first-order valence-electron chi connectivity index (χ1n) is 6.71. The molecule has 2 unspecified atom stereocenters. The van der Waals surface area contributed by atoms with E-state index in [4.69, 9.17) is 0 Å². The maximum Gasteiger partial charge on any atom is 0.0498 e. The molecule has 0 aromatic heterocycles. The molecule has 19 heavy (non-hydrogen) atoms. The molecule has 0 spiro atoms. The lowest BCUT2D eigenvalue weighted by Crippen LogP contribution is -2.41. The summed E-state index contributed by atoms with van der Waals surface area (Å²) in [5.74, 6) is 0.632. The first-order valence-corrected chi connectivity index (χ1v) is 8.27. The van der Waals surface area contributed by atoms with E-state index in [1.54, 1.807) is 6.26 Å². The Morgan fingerprint density at radius 2 is 1.79 bits per heavy atom. The summed E-state index contributed by atoms with van der Waals surface area (Å²) in [7, 11) is 3.36. The molecule has 1 rings (SSSR count). The van der Waals surface area contributed by atoms with E-state index < -0.39 is 10.8 Å². The van der Waals surface area contributed by atoms with Gasteiger partial charge in [0.2, 0.25) is 0 Å². The van der Waals surface area contributed by atoms with Crippen molar-refractivity contribution in [2.45, 2.75) is 31.3 Å². The highest BCUT2D eigenvalue weighted by molar-refractivity contribution is 7.84. The first kappa shape index (κ1) is 16.3. The molecule has 0 amide bonds. The van der Waals surface area contributed by atoms with E-state index in [1.165, 1.54) is 5.56 Å². The van der Waals surface area contributed by atoms with E-state index in [0.717, 1.165) is 18.0 Å². The fourth-order valence-corrected chi connectivity index (χ4v) is 2.70. The summed E-state index contributed by atoms with van der Waals surface area (Å²) in [5.41, 5.74) is 1.23. The summed E-state index contributed by atoms with van der Waals surface area (Å²) in [6.07, 6.45) is 1.71. The normalized spacial score (nSPS) is 14.9. The van der Waals surface area contributed by atoms with Crippen molar-refractivity contribution in [2.24, 2.45) is 5.92 Å². The number of nitrogens with one attached hydrogen (secondary N) is 1. The van der Waals surface area contributed by atoms with Gasteiger partial charge in [0.15, 0.2) is 0 Å². The molecular formula is C15H26N2OS. The minimum absolute atomic E-state index is 0.544. The van der Waals surface area contributed by atoms with E-state index >= 15 is 0 Å². The molecule has 0 heterocycles. The maximum absolute atomic E-state index is 11.3. The van der Waals surface area contributed by atoms with Gasteiger partial charge in [-0.05, 0) is 37.7 Å². The number of hydrogen-bond acceptors (Lipinski definition) is 3. The maximum atomic E-state index is 11.3. The van der Waals surface area contributed by atoms with Crippen molar-refractivity contribution >= 4 is 10.8 Å². The summed E-state index contributed by atoms with van der Waals surface area (Å²) < 4.78 is 11.3. The Morgan fingerprint density at radius 1 is 1.21 bits per heavy atom. The first-order chi connectivity index (χ1) is 8.91. The average Bonchev–Trinajstić information content (AvgIpc) is 2.34. The Hall–Kier alpha value is -0.710. The fraction of sp³-hybridized carbons (Fsp3) is 0.600. The molecule has 4 heteroatoms. The van der Waals surface area contributed by atoms with E-state index in [1.807, 2.05) is 24.3 Å². The van der Waals surface area contributed by atoms with Crippen molar-refractivity contribution in [1.29, 1.82) is 0 Å². The number of nitrogens with zero attached hydrogens (tertiary/aromatic N) is 1. The lowest BCUT2D eigenvalue weighted by molar-refractivity contribution is 0.224. The topological polar surface area (TPSA) is 32.3 Å². The lowest BCUT2D eigenvalue weighted by Gasteiger charge is -2.28. The van der Waals surface area contributed by atoms with Gasteiger partial charge in [-0.25, -0.2) is 0 Å². The third-order valence-electron chi connectivity index (χ3n) is 3.37. The third kappa shape index (κ3) is 5.43. The van der Waals surface area contributed by atoms with Gasteiger partial charge in [-0.15, -0.1) is 0 Å². The predicted molar refractivity (Wildman–Crippen MR) is 82.8 cm³/mol. The van der Waals surface area contributed by atoms with Crippen LogP contribution >= 0.6 is 0 Å². The molecule has 0 bridgehead atoms. The quantitative estimate of drug-likeness (QED) is 0.831. The monoisotopic (exact) mass is 282 g/mol. The molecule has 2 atom stereocenters. The van der Waals surface area contributed by atoms with Gasteiger partial charge in [-0.1, -0.05) is 26.0 Å². The van der Waals surface area contributed by atoms with Gasteiger partial charge in [0.1, 0.15) is 0 Å². The van der Waals surface area contributed by atoms with Crippen molar-refractivity contribution < 1.29 is 4.21 Å². The Balaban J connectivity index is 2.46. The SMILES string of the molecule is CC(C)C(CNCc1ccc(S(C)=O)cc1)N(C)C. The molecule has 0 aliphatic carbocycles. The minimum atomic E-state index is -0.890. The van der Waals surface area contributed by atoms with Gasteiger partial charge < -0.3 is 10.2 Å². The molecule has 0 aliphatic heterocycles. The molecule has 3 nitrogen and oxygen atoms in total. The minimum Gasteiger partial charge on any atom is -0.311 e. The average molecular weight is 282 g/mol. The molecule has 108 valence electrons. The van der Waals surface area contributed by atoms with Crippen LogP contribution in [0.1, 0.15) is 19.4 Å². The Morgan fingerprint density at radius 3 is 2.21 bits per heavy atom. The number of likely N-dealkylation sites (N-methyl/N-ethyl adjacent to an activating group) is 1. The van der Waals surface area contributed by atoms with E-state index in [0.29, 0.717) is 12.0 Å². The van der Waals surface area contributed by atoms with Crippen molar-refractivity contribution in [3.63, 3.8) is 0 Å². The molecule has 1 aromatic carbocycles. The molecular weight excluding hydrogens is 256 g/mol. The van der Waals surface area contributed by atoms with E-state index in [9.17, 15) is 4.21 Å². The number of rotatable bonds is 7. The molecule has 0 fully saturated rings. The van der Waals surface area contributed by atoms with Gasteiger partial charge in [0, 0.05) is 41.1 Å². The second kappa shape index (κ2) is 7.78. The highest BCUT2D eigenvalue weighted by Crippen LogP contribution is 2.09. The van der Waals surface area contributed by atoms with Gasteiger partial charge in [-0.2, -0.15) is 0 Å². The van der Waals surface area contributed by atoms with Crippen LogP contribution in [0.15, 0.2) is 29.2 Å². The van der Waals surface area contributed by atoms with Crippen molar-refractivity contribution in [3.8, 4) is 0 Å². The van der Waals surface area contributed by atoms with Crippen molar-refractivity contribution in [2.75, 3.05) is 26.9 Å². The summed E-state index contributed by atoms with van der Waals surface area (Å²) >= 11 is 0. The van der Waals surface area contributed by atoms with Crippen LogP contribution in [0.5, 0.6) is 0 Å². The molecule has 0 saturated carbocycles. The van der Waals surface area contributed by atoms with E-state index in [2.05, 4.69) is 38.2 Å². The number of hydrogen-bond donors (Lipinski definition) is 1. The zero-order chi connectivity index (χ0) is 14.4.